The zero-order chi connectivity index (χ0) is 23.5. The minimum Gasteiger partial charge on any atom is -0.488 e. The second-order valence-corrected chi connectivity index (χ2v) is 9.33. The highest BCUT2D eigenvalue weighted by molar-refractivity contribution is 9.10. The summed E-state index contributed by atoms with van der Waals surface area (Å²) in [5.41, 5.74) is 1.58. The molecule has 9 heteroatoms. The lowest BCUT2D eigenvalue weighted by Gasteiger charge is -2.14. The number of nitrogens with zero attached hydrogens (tertiary/aromatic N) is 1. The minimum atomic E-state index is -0.578. The molecule has 0 spiro atoms. The summed E-state index contributed by atoms with van der Waals surface area (Å²) in [7, 11) is 0. The van der Waals surface area contributed by atoms with Crippen LogP contribution in [0.1, 0.15) is 16.7 Å². The summed E-state index contributed by atoms with van der Waals surface area (Å²) in [4.78, 5) is 26.3. The van der Waals surface area contributed by atoms with Crippen molar-refractivity contribution in [3.63, 3.8) is 0 Å². The van der Waals surface area contributed by atoms with Crippen LogP contribution in [-0.4, -0.2) is 16.0 Å². The monoisotopic (exact) mass is 549 g/mol. The molecule has 0 bridgehead atoms. The number of rotatable bonds is 6. The second kappa shape index (κ2) is 10.1. The number of benzene rings is 3. The lowest BCUT2D eigenvalue weighted by atomic mass is 10.2. The zero-order valence-electron chi connectivity index (χ0n) is 16.9. The Morgan fingerprint density at radius 2 is 1.82 bits per heavy atom. The predicted octanol–water partition coefficient (Wildman–Crippen LogP) is 7.20. The molecule has 1 fully saturated rings. The fourth-order valence-electron chi connectivity index (χ4n) is 3.09. The zero-order valence-corrected chi connectivity index (χ0v) is 20.0. The Bertz CT molecular complexity index is 1250. The van der Waals surface area contributed by atoms with E-state index >= 15 is 0 Å². The van der Waals surface area contributed by atoms with E-state index in [2.05, 4.69) is 15.9 Å². The topological polar surface area (TPSA) is 46.6 Å². The first-order valence-electron chi connectivity index (χ1n) is 9.67. The van der Waals surface area contributed by atoms with Crippen molar-refractivity contribution in [1.29, 1.82) is 0 Å². The molecule has 1 saturated heterocycles. The maximum atomic E-state index is 14.1. The normalized spacial score (nSPS) is 14.9. The highest BCUT2D eigenvalue weighted by Crippen LogP contribution is 2.36. The number of amides is 2. The quantitative estimate of drug-likeness (QED) is 0.305. The van der Waals surface area contributed by atoms with Gasteiger partial charge < -0.3 is 4.74 Å². The minimum absolute atomic E-state index is 0.0908. The van der Waals surface area contributed by atoms with Gasteiger partial charge in [0.05, 0.1) is 15.9 Å². The Morgan fingerprint density at radius 1 is 1.06 bits per heavy atom. The van der Waals surface area contributed by atoms with Crippen LogP contribution in [-0.2, 0) is 17.9 Å². The lowest BCUT2D eigenvalue weighted by molar-refractivity contribution is -0.123. The molecule has 168 valence electrons. The maximum absolute atomic E-state index is 14.1. The van der Waals surface area contributed by atoms with Crippen LogP contribution in [0.5, 0.6) is 5.75 Å². The first-order valence-corrected chi connectivity index (χ1v) is 11.7. The Morgan fingerprint density at radius 3 is 2.52 bits per heavy atom. The van der Waals surface area contributed by atoms with E-state index in [1.54, 1.807) is 36.4 Å². The third kappa shape index (κ3) is 5.46. The lowest BCUT2D eigenvalue weighted by Crippen LogP contribution is -2.28. The van der Waals surface area contributed by atoms with Gasteiger partial charge in [0.1, 0.15) is 24.0 Å². The van der Waals surface area contributed by atoms with E-state index in [9.17, 15) is 18.4 Å². The molecule has 0 N–H and O–H groups in total. The Hall–Kier alpha value is -2.68. The molecule has 4 rings (SSSR count). The van der Waals surface area contributed by atoms with Crippen LogP contribution in [0.25, 0.3) is 6.08 Å². The molecule has 33 heavy (non-hydrogen) atoms. The van der Waals surface area contributed by atoms with Gasteiger partial charge in [-0.1, -0.05) is 35.9 Å². The molecule has 1 aliphatic heterocycles. The van der Waals surface area contributed by atoms with Crippen LogP contribution in [0.3, 0.4) is 0 Å². The smallest absolute Gasteiger partial charge is 0.293 e. The molecule has 2 amide bonds. The molecule has 0 aliphatic carbocycles. The van der Waals surface area contributed by atoms with Crippen molar-refractivity contribution < 1.29 is 23.1 Å². The number of thioether (sulfide) groups is 1. The summed E-state index contributed by atoms with van der Waals surface area (Å²) in [6, 6.07) is 15.4. The first-order chi connectivity index (χ1) is 15.8. The van der Waals surface area contributed by atoms with Gasteiger partial charge in [0, 0.05) is 10.6 Å². The molecule has 0 saturated carbocycles. The molecular formula is C24H15BrClF2NO3S. The summed E-state index contributed by atoms with van der Waals surface area (Å²) in [6.45, 7) is 0.0170. The van der Waals surface area contributed by atoms with Gasteiger partial charge in [-0.2, -0.15) is 0 Å². The van der Waals surface area contributed by atoms with Crippen molar-refractivity contribution in [2.75, 3.05) is 0 Å². The van der Waals surface area contributed by atoms with E-state index in [-0.39, 0.29) is 34.5 Å². The Balaban J connectivity index is 1.47. The molecule has 0 atom stereocenters. The van der Waals surface area contributed by atoms with Gasteiger partial charge in [-0.15, -0.1) is 0 Å². The molecule has 3 aromatic rings. The van der Waals surface area contributed by atoms with Crippen LogP contribution in [0.4, 0.5) is 13.6 Å². The van der Waals surface area contributed by atoms with Crippen LogP contribution < -0.4 is 4.74 Å². The number of ether oxygens (including phenoxy) is 1. The number of hydrogen-bond donors (Lipinski definition) is 0. The van der Waals surface area contributed by atoms with Crippen molar-refractivity contribution in [3.8, 4) is 5.75 Å². The van der Waals surface area contributed by atoms with E-state index in [0.29, 0.717) is 15.8 Å². The largest absolute Gasteiger partial charge is 0.488 e. The van der Waals surface area contributed by atoms with Crippen LogP contribution in [0.2, 0.25) is 5.02 Å². The average molecular weight is 551 g/mol. The summed E-state index contributed by atoms with van der Waals surface area (Å²) in [5.74, 6) is -0.841. The highest BCUT2D eigenvalue weighted by Gasteiger charge is 2.35. The van der Waals surface area contributed by atoms with Crippen LogP contribution >= 0.6 is 39.3 Å². The Labute approximate surface area is 206 Å². The maximum Gasteiger partial charge on any atom is 0.293 e. The molecule has 0 radical (unpaired) electrons. The van der Waals surface area contributed by atoms with Crippen molar-refractivity contribution in [2.24, 2.45) is 0 Å². The summed E-state index contributed by atoms with van der Waals surface area (Å²) < 4.78 is 33.5. The van der Waals surface area contributed by atoms with Crippen LogP contribution in [0, 0.1) is 11.6 Å². The van der Waals surface area contributed by atoms with Gasteiger partial charge in [0.15, 0.2) is 0 Å². The standard InChI is InChI=1S/C24H15BrClF2NO3S/c25-18-10-15(6-9-21(18)32-13-14-4-7-16(27)8-5-14)11-22-23(30)29(24(31)33-22)12-17-19(26)2-1-3-20(17)28/h1-11H,12-13H2/b22-11+. The van der Waals surface area contributed by atoms with Gasteiger partial charge in [0.25, 0.3) is 11.1 Å². The predicted molar refractivity (Wildman–Crippen MR) is 128 cm³/mol. The van der Waals surface area contributed by atoms with Gasteiger partial charge in [-0.05, 0) is 81.3 Å². The molecule has 0 unspecified atom stereocenters. The first kappa shape index (κ1) is 23.5. The van der Waals surface area contributed by atoms with Gasteiger partial charge in [0.2, 0.25) is 0 Å². The number of halogens is 4. The van der Waals surface area contributed by atoms with Crippen LogP contribution in [0.15, 0.2) is 70.0 Å². The number of hydrogen-bond acceptors (Lipinski definition) is 4. The fraction of sp³-hybridized carbons (Fsp3) is 0.0833. The van der Waals surface area contributed by atoms with E-state index in [0.717, 1.165) is 22.2 Å². The third-order valence-corrected chi connectivity index (χ3v) is 6.69. The van der Waals surface area contributed by atoms with E-state index in [1.165, 1.54) is 30.3 Å². The molecule has 1 heterocycles. The molecular weight excluding hydrogens is 536 g/mol. The van der Waals surface area contributed by atoms with E-state index in [1.807, 2.05) is 0 Å². The highest BCUT2D eigenvalue weighted by atomic mass is 79.9. The van der Waals surface area contributed by atoms with Crippen molar-refractivity contribution in [1.82, 2.24) is 4.90 Å². The van der Waals surface area contributed by atoms with Crippen molar-refractivity contribution >= 4 is 56.5 Å². The van der Waals surface area contributed by atoms with Gasteiger partial charge in [-0.3, -0.25) is 14.5 Å². The fourth-order valence-corrected chi connectivity index (χ4v) is 4.67. The number of carbonyl (C=O) groups is 2. The molecule has 1 aliphatic rings. The van der Waals surface area contributed by atoms with E-state index < -0.39 is 17.0 Å². The second-order valence-electron chi connectivity index (χ2n) is 7.07. The van der Waals surface area contributed by atoms with Gasteiger partial charge in [-0.25, -0.2) is 8.78 Å². The van der Waals surface area contributed by atoms with Crippen molar-refractivity contribution in [3.05, 3.63) is 103 Å². The average Bonchev–Trinajstić information content (AvgIpc) is 3.04. The summed E-state index contributed by atoms with van der Waals surface area (Å²) >= 11 is 10.3. The number of carbonyl (C=O) groups excluding carboxylic acids is 2. The molecule has 4 nitrogen and oxygen atoms in total. The Kier molecular flexibility index (Phi) is 7.17. The molecule has 0 aromatic heterocycles. The third-order valence-electron chi connectivity index (χ3n) is 4.81. The number of imide groups is 1. The SMILES string of the molecule is O=C1S/C(=C/c2ccc(OCc3ccc(F)cc3)c(Br)c2)C(=O)N1Cc1c(F)cccc1Cl. The summed E-state index contributed by atoms with van der Waals surface area (Å²) in [6.07, 6.45) is 1.59. The molecule has 3 aromatic carbocycles. The van der Waals surface area contributed by atoms with Crippen molar-refractivity contribution in [2.45, 2.75) is 13.2 Å². The van der Waals surface area contributed by atoms with E-state index in [4.69, 9.17) is 16.3 Å². The summed E-state index contributed by atoms with van der Waals surface area (Å²) in [5, 5.41) is -0.345. The van der Waals surface area contributed by atoms with Gasteiger partial charge >= 0.3 is 0 Å².